The molecule has 1 N–H and O–H groups in total. The van der Waals surface area contributed by atoms with E-state index in [2.05, 4.69) is 5.32 Å². The summed E-state index contributed by atoms with van der Waals surface area (Å²) in [4.78, 5) is 0. The Kier molecular flexibility index (Phi) is 5.62. The predicted molar refractivity (Wildman–Crippen MR) is 75.6 cm³/mol. The third-order valence-corrected chi connectivity index (χ3v) is 6.05. The Morgan fingerprint density at radius 1 is 1.32 bits per heavy atom. The number of hydrogen-bond donors (Lipinski definition) is 1. The van der Waals surface area contributed by atoms with E-state index in [9.17, 15) is 8.42 Å². The molecule has 0 amide bonds. The van der Waals surface area contributed by atoms with E-state index < -0.39 is 10.0 Å². The Morgan fingerprint density at radius 3 is 2.84 bits per heavy atom. The van der Waals surface area contributed by atoms with Gasteiger partial charge in [0.25, 0.3) is 0 Å². The summed E-state index contributed by atoms with van der Waals surface area (Å²) in [7, 11) is -1.40. The molecule has 2 heterocycles. The van der Waals surface area contributed by atoms with Crippen LogP contribution in [0.15, 0.2) is 0 Å². The molecule has 2 rings (SSSR count). The van der Waals surface area contributed by atoms with Crippen molar-refractivity contribution in [2.75, 3.05) is 39.1 Å². The largest absolute Gasteiger partial charge is 0.384 e. The number of ether oxygens (including phenoxy) is 1. The van der Waals surface area contributed by atoms with Gasteiger partial charge in [-0.2, -0.15) is 0 Å². The molecule has 2 saturated heterocycles. The van der Waals surface area contributed by atoms with Crippen LogP contribution in [0.3, 0.4) is 0 Å². The van der Waals surface area contributed by atoms with Crippen LogP contribution in [0.25, 0.3) is 0 Å². The standard InChI is InChI=1S/C13H26N2O3S/c1-18-11-12-5-8-15(10-12)19(16,17)9-6-13-4-2-3-7-14-13/h12-14H,2-11H2,1H3. The van der Waals surface area contributed by atoms with Gasteiger partial charge in [0.2, 0.25) is 10.0 Å². The highest BCUT2D eigenvalue weighted by Gasteiger charge is 2.31. The van der Waals surface area contributed by atoms with Gasteiger partial charge in [-0.1, -0.05) is 6.42 Å². The normalized spacial score (nSPS) is 29.7. The van der Waals surface area contributed by atoms with Gasteiger partial charge in [0.1, 0.15) is 0 Å². The first-order valence-corrected chi connectivity index (χ1v) is 8.93. The van der Waals surface area contributed by atoms with E-state index >= 15 is 0 Å². The average Bonchev–Trinajstić information content (AvgIpc) is 2.88. The summed E-state index contributed by atoms with van der Waals surface area (Å²) in [5, 5.41) is 3.41. The number of piperidine rings is 1. The molecule has 5 nitrogen and oxygen atoms in total. The van der Waals surface area contributed by atoms with Crippen molar-refractivity contribution >= 4 is 10.0 Å². The minimum Gasteiger partial charge on any atom is -0.384 e. The lowest BCUT2D eigenvalue weighted by atomic mass is 10.0. The third kappa shape index (κ3) is 4.41. The maximum absolute atomic E-state index is 12.3. The Labute approximate surface area is 116 Å². The monoisotopic (exact) mass is 290 g/mol. The summed E-state index contributed by atoms with van der Waals surface area (Å²) >= 11 is 0. The van der Waals surface area contributed by atoms with Gasteiger partial charge in [0, 0.05) is 26.2 Å². The molecule has 0 aromatic heterocycles. The van der Waals surface area contributed by atoms with E-state index in [-0.39, 0.29) is 5.75 Å². The van der Waals surface area contributed by atoms with Gasteiger partial charge >= 0.3 is 0 Å². The van der Waals surface area contributed by atoms with Crippen molar-refractivity contribution in [1.29, 1.82) is 0 Å². The molecular weight excluding hydrogens is 264 g/mol. The summed E-state index contributed by atoms with van der Waals surface area (Å²) in [6.45, 7) is 2.99. The van der Waals surface area contributed by atoms with Crippen LogP contribution in [-0.4, -0.2) is 57.9 Å². The van der Waals surface area contributed by atoms with Crippen molar-refractivity contribution in [3.63, 3.8) is 0 Å². The Balaban J connectivity index is 1.78. The van der Waals surface area contributed by atoms with Crippen molar-refractivity contribution in [3.05, 3.63) is 0 Å². The van der Waals surface area contributed by atoms with E-state index in [1.807, 2.05) is 0 Å². The molecule has 2 aliphatic rings. The summed E-state index contributed by atoms with van der Waals surface area (Å²) in [6.07, 6.45) is 5.22. The average molecular weight is 290 g/mol. The van der Waals surface area contributed by atoms with Gasteiger partial charge in [-0.3, -0.25) is 0 Å². The van der Waals surface area contributed by atoms with E-state index in [1.165, 1.54) is 12.8 Å². The Morgan fingerprint density at radius 2 is 2.16 bits per heavy atom. The first-order valence-electron chi connectivity index (χ1n) is 7.32. The van der Waals surface area contributed by atoms with E-state index in [4.69, 9.17) is 4.74 Å². The van der Waals surface area contributed by atoms with Gasteiger partial charge in [-0.25, -0.2) is 12.7 Å². The molecule has 19 heavy (non-hydrogen) atoms. The van der Waals surface area contributed by atoms with Crippen LogP contribution in [0.2, 0.25) is 0 Å². The van der Waals surface area contributed by atoms with Gasteiger partial charge in [-0.15, -0.1) is 0 Å². The maximum atomic E-state index is 12.3. The summed E-state index contributed by atoms with van der Waals surface area (Å²) < 4.78 is 31.3. The number of hydrogen-bond acceptors (Lipinski definition) is 4. The Hall–Kier alpha value is -0.170. The lowest BCUT2D eigenvalue weighted by molar-refractivity contribution is 0.157. The minimum atomic E-state index is -3.07. The van der Waals surface area contributed by atoms with Crippen molar-refractivity contribution in [2.24, 2.45) is 5.92 Å². The fourth-order valence-electron chi connectivity index (χ4n) is 3.01. The topological polar surface area (TPSA) is 58.6 Å². The zero-order chi connectivity index (χ0) is 13.7. The number of methoxy groups -OCH3 is 1. The molecular formula is C13H26N2O3S. The van der Waals surface area contributed by atoms with E-state index in [0.717, 1.165) is 25.8 Å². The predicted octanol–water partition coefficient (Wildman–Crippen LogP) is 0.817. The highest BCUT2D eigenvalue weighted by Crippen LogP contribution is 2.21. The lowest BCUT2D eigenvalue weighted by Gasteiger charge is -2.24. The summed E-state index contributed by atoms with van der Waals surface area (Å²) in [6, 6.07) is 0.390. The minimum absolute atomic E-state index is 0.282. The van der Waals surface area contributed by atoms with Gasteiger partial charge in [0.05, 0.1) is 12.4 Å². The zero-order valence-electron chi connectivity index (χ0n) is 11.8. The third-order valence-electron chi connectivity index (χ3n) is 4.18. The number of sulfonamides is 1. The number of rotatable bonds is 6. The Bertz CT molecular complexity index is 366. The second-order valence-corrected chi connectivity index (χ2v) is 7.81. The van der Waals surface area contributed by atoms with Crippen molar-refractivity contribution < 1.29 is 13.2 Å². The van der Waals surface area contributed by atoms with Crippen LogP contribution < -0.4 is 5.32 Å². The number of nitrogens with one attached hydrogen (secondary N) is 1. The molecule has 6 heteroatoms. The molecule has 2 unspecified atom stereocenters. The first-order chi connectivity index (χ1) is 9.12. The highest BCUT2D eigenvalue weighted by atomic mass is 32.2. The quantitative estimate of drug-likeness (QED) is 0.787. The van der Waals surface area contributed by atoms with E-state index in [0.29, 0.717) is 31.7 Å². The van der Waals surface area contributed by atoms with Crippen LogP contribution in [0.5, 0.6) is 0 Å². The zero-order valence-corrected chi connectivity index (χ0v) is 12.6. The molecule has 2 aliphatic heterocycles. The van der Waals surface area contributed by atoms with Crippen molar-refractivity contribution in [1.82, 2.24) is 9.62 Å². The fourth-order valence-corrected chi connectivity index (χ4v) is 4.67. The molecule has 0 radical (unpaired) electrons. The molecule has 2 fully saturated rings. The second-order valence-electron chi connectivity index (χ2n) is 5.72. The van der Waals surface area contributed by atoms with Gasteiger partial charge < -0.3 is 10.1 Å². The van der Waals surface area contributed by atoms with Gasteiger partial charge in [0.15, 0.2) is 0 Å². The highest BCUT2D eigenvalue weighted by molar-refractivity contribution is 7.89. The molecule has 0 saturated carbocycles. The molecule has 0 aliphatic carbocycles. The lowest BCUT2D eigenvalue weighted by Crippen LogP contribution is -2.38. The molecule has 0 aromatic rings. The summed E-state index contributed by atoms with van der Waals surface area (Å²) in [5.41, 5.74) is 0. The second kappa shape index (κ2) is 7.02. The van der Waals surface area contributed by atoms with Crippen molar-refractivity contribution in [3.8, 4) is 0 Å². The fraction of sp³-hybridized carbons (Fsp3) is 1.00. The van der Waals surface area contributed by atoms with E-state index in [1.54, 1.807) is 11.4 Å². The number of nitrogens with zero attached hydrogens (tertiary/aromatic N) is 1. The molecule has 2 atom stereocenters. The van der Waals surface area contributed by atoms with Crippen LogP contribution >= 0.6 is 0 Å². The molecule has 0 bridgehead atoms. The van der Waals surface area contributed by atoms with Crippen LogP contribution in [0.4, 0.5) is 0 Å². The van der Waals surface area contributed by atoms with Crippen LogP contribution in [-0.2, 0) is 14.8 Å². The SMILES string of the molecule is COCC1CCN(S(=O)(=O)CCC2CCCCN2)C1. The molecule has 0 spiro atoms. The van der Waals surface area contributed by atoms with Crippen LogP contribution in [0, 0.1) is 5.92 Å². The van der Waals surface area contributed by atoms with Gasteiger partial charge in [-0.05, 0) is 38.1 Å². The van der Waals surface area contributed by atoms with Crippen molar-refractivity contribution in [2.45, 2.75) is 38.1 Å². The maximum Gasteiger partial charge on any atom is 0.214 e. The molecule has 112 valence electrons. The first kappa shape index (κ1) is 15.2. The van der Waals surface area contributed by atoms with Crippen LogP contribution in [0.1, 0.15) is 32.1 Å². The molecule has 0 aromatic carbocycles. The smallest absolute Gasteiger partial charge is 0.214 e. The summed E-state index contributed by atoms with van der Waals surface area (Å²) in [5.74, 6) is 0.650.